The van der Waals surface area contributed by atoms with Crippen LogP contribution in [0.4, 0.5) is 0 Å². The van der Waals surface area contributed by atoms with Crippen molar-refractivity contribution >= 4 is 17.8 Å². The van der Waals surface area contributed by atoms with Crippen molar-refractivity contribution in [1.82, 2.24) is 20.6 Å². The van der Waals surface area contributed by atoms with Crippen LogP contribution in [-0.2, 0) is 14.3 Å². The first-order valence-corrected chi connectivity index (χ1v) is 6.97. The number of aromatic nitrogens is 2. The van der Waals surface area contributed by atoms with E-state index in [1.165, 1.54) is 12.4 Å². The number of hydrogen-bond acceptors (Lipinski definition) is 6. The topological polar surface area (TPSA) is 110 Å². The number of amides is 2. The number of hydrogen-bond donors (Lipinski definition) is 2. The Balaban J connectivity index is 2.37. The van der Waals surface area contributed by atoms with E-state index in [4.69, 9.17) is 4.74 Å². The third-order valence-corrected chi connectivity index (χ3v) is 2.64. The molecule has 0 saturated carbocycles. The molecule has 0 bridgehead atoms. The van der Waals surface area contributed by atoms with Crippen LogP contribution in [0.2, 0.25) is 0 Å². The summed E-state index contributed by atoms with van der Waals surface area (Å²) in [6.45, 7) is 5.27. The Morgan fingerprint density at radius 3 is 2.59 bits per heavy atom. The second kappa shape index (κ2) is 8.71. The van der Waals surface area contributed by atoms with E-state index in [0.29, 0.717) is 12.2 Å². The Morgan fingerprint density at radius 1 is 1.27 bits per heavy atom. The maximum Gasteiger partial charge on any atom is 0.359 e. The highest BCUT2D eigenvalue weighted by atomic mass is 16.5. The van der Waals surface area contributed by atoms with Crippen molar-refractivity contribution in [2.45, 2.75) is 33.2 Å². The number of nitrogens with one attached hydrogen (secondary N) is 2. The molecule has 2 N–H and O–H groups in total. The summed E-state index contributed by atoms with van der Waals surface area (Å²) >= 11 is 0. The summed E-state index contributed by atoms with van der Waals surface area (Å²) in [4.78, 5) is 42.6. The van der Waals surface area contributed by atoms with Gasteiger partial charge in [0.05, 0.1) is 11.9 Å². The van der Waals surface area contributed by atoms with Crippen LogP contribution >= 0.6 is 0 Å². The number of aryl methyl sites for hydroxylation is 1. The molecule has 1 aromatic rings. The van der Waals surface area contributed by atoms with E-state index in [2.05, 4.69) is 20.6 Å². The molecule has 8 nitrogen and oxygen atoms in total. The van der Waals surface area contributed by atoms with Crippen LogP contribution in [0, 0.1) is 6.92 Å². The minimum atomic E-state index is -0.745. The fraction of sp³-hybridized carbons (Fsp3) is 0.500. The van der Waals surface area contributed by atoms with Crippen molar-refractivity contribution in [3.8, 4) is 0 Å². The van der Waals surface area contributed by atoms with Gasteiger partial charge in [-0.15, -0.1) is 0 Å². The van der Waals surface area contributed by atoms with Crippen molar-refractivity contribution < 1.29 is 19.1 Å². The molecule has 0 aromatic carbocycles. The van der Waals surface area contributed by atoms with Gasteiger partial charge in [0.2, 0.25) is 5.91 Å². The molecule has 1 heterocycles. The highest BCUT2D eigenvalue weighted by Gasteiger charge is 2.17. The predicted molar refractivity (Wildman–Crippen MR) is 78.0 cm³/mol. The van der Waals surface area contributed by atoms with Crippen molar-refractivity contribution in [2.24, 2.45) is 0 Å². The molecule has 0 aliphatic carbocycles. The fourth-order valence-corrected chi connectivity index (χ4v) is 1.45. The van der Waals surface area contributed by atoms with E-state index >= 15 is 0 Å². The molecule has 1 rings (SSSR count). The average Bonchev–Trinajstić information content (AvgIpc) is 2.50. The van der Waals surface area contributed by atoms with Crippen molar-refractivity contribution in [1.29, 1.82) is 0 Å². The van der Waals surface area contributed by atoms with Crippen LogP contribution in [0.1, 0.15) is 36.5 Å². The van der Waals surface area contributed by atoms with Crippen LogP contribution in [-0.4, -0.2) is 46.9 Å². The number of carbonyl (C=O) groups excluding carboxylic acids is 3. The van der Waals surface area contributed by atoms with Gasteiger partial charge in [-0.1, -0.05) is 6.92 Å². The van der Waals surface area contributed by atoms with E-state index in [-0.39, 0.29) is 11.6 Å². The van der Waals surface area contributed by atoms with Crippen LogP contribution in [0.5, 0.6) is 0 Å². The minimum absolute atomic E-state index is 0.0205. The van der Waals surface area contributed by atoms with Crippen molar-refractivity contribution in [3.05, 3.63) is 23.8 Å². The quantitative estimate of drug-likeness (QED) is 0.685. The van der Waals surface area contributed by atoms with E-state index in [1.54, 1.807) is 13.8 Å². The maximum atomic E-state index is 11.6. The molecule has 120 valence electrons. The van der Waals surface area contributed by atoms with Gasteiger partial charge in [0.25, 0.3) is 5.91 Å². The van der Waals surface area contributed by atoms with Gasteiger partial charge in [-0.05, 0) is 20.3 Å². The monoisotopic (exact) mass is 308 g/mol. The lowest BCUT2D eigenvalue weighted by atomic mass is 10.3. The lowest BCUT2D eigenvalue weighted by Gasteiger charge is -2.13. The minimum Gasteiger partial charge on any atom is -0.451 e. The molecule has 0 spiro atoms. The van der Waals surface area contributed by atoms with Crippen LogP contribution in [0.3, 0.4) is 0 Å². The largest absolute Gasteiger partial charge is 0.451 e. The Morgan fingerprint density at radius 2 is 2.00 bits per heavy atom. The Bertz CT molecular complexity index is 530. The van der Waals surface area contributed by atoms with E-state index in [0.717, 1.165) is 6.42 Å². The summed E-state index contributed by atoms with van der Waals surface area (Å²) in [7, 11) is 0. The molecule has 0 fully saturated rings. The van der Waals surface area contributed by atoms with Gasteiger partial charge in [-0.3, -0.25) is 14.6 Å². The molecule has 8 heteroatoms. The zero-order valence-electron chi connectivity index (χ0n) is 12.9. The number of esters is 1. The highest BCUT2D eigenvalue weighted by Crippen LogP contribution is 1.97. The van der Waals surface area contributed by atoms with Crippen molar-refractivity contribution in [2.75, 3.05) is 13.2 Å². The van der Waals surface area contributed by atoms with Crippen LogP contribution in [0.15, 0.2) is 12.4 Å². The summed E-state index contributed by atoms with van der Waals surface area (Å²) in [5.74, 6) is -1.59. The number of nitrogens with zero attached hydrogens (tertiary/aromatic N) is 2. The number of carbonyl (C=O) groups is 3. The predicted octanol–water partition coefficient (Wildman–Crippen LogP) is -0.0273. The first-order valence-electron chi connectivity index (χ1n) is 6.97. The SMILES string of the molecule is CCCNC(=O)[C@@H](C)NC(=O)COC(=O)c1cnc(C)cn1. The molecule has 0 saturated heterocycles. The van der Waals surface area contributed by atoms with Gasteiger partial charge >= 0.3 is 5.97 Å². The molecule has 2 amide bonds. The lowest BCUT2D eigenvalue weighted by molar-refractivity contribution is -0.130. The van der Waals surface area contributed by atoms with Crippen LogP contribution in [0.25, 0.3) is 0 Å². The smallest absolute Gasteiger partial charge is 0.359 e. The van der Waals surface area contributed by atoms with E-state index < -0.39 is 24.5 Å². The molecular weight excluding hydrogens is 288 g/mol. The van der Waals surface area contributed by atoms with Gasteiger partial charge in [-0.2, -0.15) is 0 Å². The molecule has 0 aliphatic rings. The standard InChI is InChI=1S/C14H20N4O4/c1-4-5-15-13(20)10(3)18-12(19)8-22-14(21)11-7-16-9(2)6-17-11/h6-7,10H,4-5,8H2,1-3H3,(H,15,20)(H,18,19)/t10-/m1/s1. The van der Waals surface area contributed by atoms with Gasteiger partial charge in [0.1, 0.15) is 6.04 Å². The van der Waals surface area contributed by atoms with Gasteiger partial charge in [-0.25, -0.2) is 9.78 Å². The average molecular weight is 308 g/mol. The van der Waals surface area contributed by atoms with E-state index in [9.17, 15) is 14.4 Å². The highest BCUT2D eigenvalue weighted by molar-refractivity contribution is 5.91. The fourth-order valence-electron chi connectivity index (χ4n) is 1.45. The zero-order valence-corrected chi connectivity index (χ0v) is 12.9. The van der Waals surface area contributed by atoms with Crippen LogP contribution < -0.4 is 10.6 Å². The number of ether oxygens (including phenoxy) is 1. The molecule has 22 heavy (non-hydrogen) atoms. The molecule has 0 radical (unpaired) electrons. The summed E-state index contributed by atoms with van der Waals surface area (Å²) in [5.41, 5.74) is 0.688. The summed E-state index contributed by atoms with van der Waals surface area (Å²) in [6.07, 6.45) is 3.51. The Kier molecular flexibility index (Phi) is 6.94. The van der Waals surface area contributed by atoms with Gasteiger partial charge < -0.3 is 15.4 Å². The maximum absolute atomic E-state index is 11.6. The summed E-state index contributed by atoms with van der Waals surface area (Å²) < 4.78 is 4.81. The molecular formula is C14H20N4O4. The second-order valence-corrected chi connectivity index (χ2v) is 4.70. The Labute approximate surface area is 128 Å². The third-order valence-electron chi connectivity index (χ3n) is 2.64. The molecule has 0 aliphatic heterocycles. The first kappa shape index (κ1) is 17.5. The normalized spacial score (nSPS) is 11.4. The summed E-state index contributed by atoms with van der Waals surface area (Å²) in [5, 5.41) is 5.09. The van der Waals surface area contributed by atoms with E-state index in [1.807, 2.05) is 6.92 Å². The Hall–Kier alpha value is -2.51. The summed E-state index contributed by atoms with van der Waals surface area (Å²) in [6, 6.07) is -0.697. The first-order chi connectivity index (χ1) is 10.4. The zero-order chi connectivity index (χ0) is 16.5. The molecule has 0 unspecified atom stereocenters. The van der Waals surface area contributed by atoms with Gasteiger partial charge in [0.15, 0.2) is 12.3 Å². The second-order valence-electron chi connectivity index (χ2n) is 4.70. The third kappa shape index (κ3) is 5.86. The van der Waals surface area contributed by atoms with Gasteiger partial charge in [0, 0.05) is 12.7 Å². The lowest BCUT2D eigenvalue weighted by Crippen LogP contribution is -2.46. The number of rotatable bonds is 7. The molecule has 1 atom stereocenters. The van der Waals surface area contributed by atoms with Crippen molar-refractivity contribution in [3.63, 3.8) is 0 Å². The molecule has 1 aromatic heterocycles.